The Morgan fingerprint density at radius 1 is 1.10 bits per heavy atom. The number of aryl methyl sites for hydroxylation is 2. The molecule has 1 aromatic heterocycles. The first kappa shape index (κ1) is 20.5. The number of nitrogens with one attached hydrogen (secondary N) is 1. The predicted octanol–water partition coefficient (Wildman–Crippen LogP) is 5.40. The minimum atomic E-state index is -0.385. The van der Waals surface area contributed by atoms with Crippen LogP contribution in [0.5, 0.6) is 0 Å². The summed E-state index contributed by atoms with van der Waals surface area (Å²) in [5, 5.41) is 12.8. The monoisotopic (exact) mass is 402 g/mol. The van der Waals surface area contributed by atoms with Crippen LogP contribution in [0, 0.1) is 18.3 Å². The molecule has 29 heavy (non-hydrogen) atoms. The highest BCUT2D eigenvalue weighted by Gasteiger charge is 2.10. The minimum absolute atomic E-state index is 0.0333. The number of carbonyl (C=O) groups excluding carboxylic acids is 1. The molecule has 0 aliphatic carbocycles. The Kier molecular flexibility index (Phi) is 7.32. The lowest BCUT2D eigenvalue weighted by Crippen LogP contribution is -2.25. The second-order valence-corrected chi connectivity index (χ2v) is 7.66. The molecule has 2 aromatic carbocycles. The summed E-state index contributed by atoms with van der Waals surface area (Å²) in [6.07, 6.45) is 3.17. The second-order valence-electron chi connectivity index (χ2n) is 6.59. The fraction of sp³-hybridized carbons (Fsp3) is 0.167. The molecule has 3 rings (SSSR count). The fourth-order valence-electron chi connectivity index (χ4n) is 2.71. The van der Waals surface area contributed by atoms with Crippen LogP contribution in [-0.2, 0) is 11.2 Å². The average molecular weight is 403 g/mol. The molecule has 0 spiro atoms. The summed E-state index contributed by atoms with van der Waals surface area (Å²) in [5.41, 5.74) is 2.46. The van der Waals surface area contributed by atoms with Gasteiger partial charge in [0.2, 0.25) is 0 Å². The number of benzene rings is 2. The average Bonchev–Trinajstić information content (AvgIpc) is 3.18. The molecule has 0 saturated heterocycles. The standard InChI is InChI=1S/C24H22N2O2S/c1-18-9-12-22(13-10-18)29-23-14-11-21(28-23)16-20(17-25)24(27)26-15-5-8-19-6-3-2-4-7-19/h2-4,6-7,9-14,16H,5,8,15H2,1H3,(H,26,27)/b20-16-. The second kappa shape index (κ2) is 10.4. The Morgan fingerprint density at radius 3 is 2.59 bits per heavy atom. The zero-order chi connectivity index (χ0) is 20.5. The van der Waals surface area contributed by atoms with E-state index < -0.39 is 0 Å². The van der Waals surface area contributed by atoms with Gasteiger partial charge in [0.15, 0.2) is 5.09 Å². The van der Waals surface area contributed by atoms with Crippen molar-refractivity contribution in [3.05, 3.63) is 89.2 Å². The SMILES string of the molecule is Cc1ccc(Sc2ccc(/C=C(/C#N)C(=O)NCCCc3ccccc3)o2)cc1. The van der Waals surface area contributed by atoms with E-state index in [0.717, 1.165) is 17.7 Å². The minimum Gasteiger partial charge on any atom is -0.450 e. The molecule has 0 atom stereocenters. The van der Waals surface area contributed by atoms with Gasteiger partial charge in [-0.2, -0.15) is 5.26 Å². The Morgan fingerprint density at radius 2 is 1.86 bits per heavy atom. The first-order chi connectivity index (χ1) is 14.1. The molecule has 5 heteroatoms. The van der Waals surface area contributed by atoms with Gasteiger partial charge in [-0.3, -0.25) is 4.79 Å². The summed E-state index contributed by atoms with van der Waals surface area (Å²) in [5.74, 6) is 0.0975. The van der Waals surface area contributed by atoms with Crippen molar-refractivity contribution in [1.82, 2.24) is 5.32 Å². The maximum absolute atomic E-state index is 12.3. The van der Waals surface area contributed by atoms with Crippen molar-refractivity contribution in [2.24, 2.45) is 0 Å². The fourth-order valence-corrected chi connectivity index (χ4v) is 3.49. The van der Waals surface area contributed by atoms with Gasteiger partial charge in [0.25, 0.3) is 5.91 Å². The Balaban J connectivity index is 1.53. The third-order valence-corrected chi connectivity index (χ3v) is 5.19. The van der Waals surface area contributed by atoms with E-state index in [0.29, 0.717) is 17.4 Å². The van der Waals surface area contributed by atoms with E-state index in [1.54, 1.807) is 6.07 Å². The Labute approximate surface area is 175 Å². The number of amides is 1. The molecule has 0 fully saturated rings. The van der Waals surface area contributed by atoms with Crippen molar-refractivity contribution in [2.45, 2.75) is 29.8 Å². The lowest BCUT2D eigenvalue weighted by atomic mass is 10.1. The smallest absolute Gasteiger partial charge is 0.262 e. The highest BCUT2D eigenvalue weighted by atomic mass is 32.2. The summed E-state index contributed by atoms with van der Waals surface area (Å²) >= 11 is 1.50. The molecule has 1 amide bonds. The zero-order valence-corrected chi connectivity index (χ0v) is 17.0. The van der Waals surface area contributed by atoms with Gasteiger partial charge in [-0.05, 0) is 49.6 Å². The third-order valence-electron chi connectivity index (χ3n) is 4.26. The van der Waals surface area contributed by atoms with Gasteiger partial charge >= 0.3 is 0 Å². The van der Waals surface area contributed by atoms with Crippen LogP contribution >= 0.6 is 11.8 Å². The molecule has 1 heterocycles. The molecule has 4 nitrogen and oxygen atoms in total. The van der Waals surface area contributed by atoms with E-state index >= 15 is 0 Å². The lowest BCUT2D eigenvalue weighted by Gasteiger charge is -2.04. The van der Waals surface area contributed by atoms with E-state index in [1.807, 2.05) is 61.5 Å². The summed E-state index contributed by atoms with van der Waals surface area (Å²) in [4.78, 5) is 13.3. The Bertz CT molecular complexity index is 1020. The van der Waals surface area contributed by atoms with Crippen molar-refractivity contribution in [3.8, 4) is 6.07 Å². The van der Waals surface area contributed by atoms with E-state index in [4.69, 9.17) is 4.42 Å². The van der Waals surface area contributed by atoms with Crippen LogP contribution in [-0.4, -0.2) is 12.5 Å². The number of nitrogens with zero attached hydrogens (tertiary/aromatic N) is 1. The molecule has 0 bridgehead atoms. The van der Waals surface area contributed by atoms with Crippen LogP contribution < -0.4 is 5.32 Å². The van der Waals surface area contributed by atoms with E-state index in [-0.39, 0.29) is 11.5 Å². The number of hydrogen-bond donors (Lipinski definition) is 1. The van der Waals surface area contributed by atoms with E-state index in [1.165, 1.54) is 29.0 Å². The first-order valence-corrected chi connectivity index (χ1v) is 10.2. The number of furan rings is 1. The van der Waals surface area contributed by atoms with Gasteiger partial charge in [-0.1, -0.05) is 59.8 Å². The van der Waals surface area contributed by atoms with Gasteiger partial charge < -0.3 is 9.73 Å². The summed E-state index contributed by atoms with van der Waals surface area (Å²) < 4.78 is 5.74. The number of hydrogen-bond acceptors (Lipinski definition) is 4. The van der Waals surface area contributed by atoms with Crippen LogP contribution in [0.3, 0.4) is 0 Å². The van der Waals surface area contributed by atoms with Gasteiger partial charge in [0.05, 0.1) is 0 Å². The molecular formula is C24H22N2O2S. The van der Waals surface area contributed by atoms with Crippen LogP contribution in [0.1, 0.15) is 23.3 Å². The molecule has 0 aliphatic heterocycles. The largest absolute Gasteiger partial charge is 0.450 e. The number of carbonyl (C=O) groups is 1. The molecule has 0 unspecified atom stereocenters. The van der Waals surface area contributed by atoms with Crippen molar-refractivity contribution in [1.29, 1.82) is 5.26 Å². The molecule has 0 saturated carbocycles. The highest BCUT2D eigenvalue weighted by molar-refractivity contribution is 7.99. The molecule has 1 N–H and O–H groups in total. The molecule has 0 aliphatic rings. The van der Waals surface area contributed by atoms with Crippen LogP contribution in [0.4, 0.5) is 0 Å². The highest BCUT2D eigenvalue weighted by Crippen LogP contribution is 2.30. The van der Waals surface area contributed by atoms with Gasteiger partial charge in [-0.15, -0.1) is 0 Å². The predicted molar refractivity (Wildman–Crippen MR) is 115 cm³/mol. The zero-order valence-electron chi connectivity index (χ0n) is 16.2. The van der Waals surface area contributed by atoms with Gasteiger partial charge in [0.1, 0.15) is 17.4 Å². The molecule has 3 aromatic rings. The molecule has 146 valence electrons. The topological polar surface area (TPSA) is 66.0 Å². The van der Waals surface area contributed by atoms with Gasteiger partial charge in [0, 0.05) is 17.5 Å². The lowest BCUT2D eigenvalue weighted by molar-refractivity contribution is -0.117. The summed E-state index contributed by atoms with van der Waals surface area (Å²) in [7, 11) is 0. The van der Waals surface area contributed by atoms with Gasteiger partial charge in [-0.25, -0.2) is 0 Å². The van der Waals surface area contributed by atoms with Crippen molar-refractivity contribution in [3.63, 3.8) is 0 Å². The quantitative estimate of drug-likeness (QED) is 0.311. The summed E-state index contributed by atoms with van der Waals surface area (Å²) in [6.45, 7) is 2.56. The van der Waals surface area contributed by atoms with Crippen molar-refractivity contribution >= 4 is 23.7 Å². The van der Waals surface area contributed by atoms with Crippen molar-refractivity contribution in [2.75, 3.05) is 6.54 Å². The Hall–Kier alpha value is -3.23. The van der Waals surface area contributed by atoms with Crippen LogP contribution in [0.25, 0.3) is 6.08 Å². The van der Waals surface area contributed by atoms with E-state index in [9.17, 15) is 10.1 Å². The number of nitriles is 1. The summed E-state index contributed by atoms with van der Waals surface area (Å²) in [6, 6.07) is 23.8. The maximum Gasteiger partial charge on any atom is 0.262 e. The van der Waals surface area contributed by atoms with Crippen LogP contribution in [0.2, 0.25) is 0 Å². The van der Waals surface area contributed by atoms with Crippen molar-refractivity contribution < 1.29 is 9.21 Å². The normalized spacial score (nSPS) is 11.1. The molecular weight excluding hydrogens is 380 g/mol. The van der Waals surface area contributed by atoms with Crippen LogP contribution in [0.15, 0.2) is 86.7 Å². The third kappa shape index (κ3) is 6.41. The first-order valence-electron chi connectivity index (χ1n) is 9.42. The van der Waals surface area contributed by atoms with E-state index in [2.05, 4.69) is 17.4 Å². The maximum atomic E-state index is 12.3. The number of rotatable bonds is 8. The molecule has 0 radical (unpaired) electrons.